The zero-order chi connectivity index (χ0) is 44.4. The Morgan fingerprint density at radius 2 is 0.839 bits per heavy atom. The van der Waals surface area contributed by atoms with Crippen LogP contribution in [0, 0.1) is 0 Å². The average molecular weight is 883 g/mol. The van der Waals surface area contributed by atoms with E-state index < -0.39 is 19.9 Å². The number of benzene rings is 2. The van der Waals surface area contributed by atoms with Crippen molar-refractivity contribution in [3.63, 3.8) is 0 Å². The van der Waals surface area contributed by atoms with E-state index in [4.69, 9.17) is 23.0 Å². The molecule has 0 amide bonds. The van der Waals surface area contributed by atoms with Crippen molar-refractivity contribution >= 4 is 19.8 Å². The fourth-order valence-electron chi connectivity index (χ4n) is 7.34. The van der Waals surface area contributed by atoms with Crippen molar-refractivity contribution in [2.75, 3.05) is 13.2 Å². The van der Waals surface area contributed by atoms with Gasteiger partial charge in [0.25, 0.3) is 0 Å². The first kappa shape index (κ1) is 55.4. The lowest BCUT2D eigenvalue weighted by Gasteiger charge is -2.22. The van der Waals surface area contributed by atoms with Crippen LogP contribution in [0.2, 0.25) is 0 Å². The molecule has 2 aromatic carbocycles. The van der Waals surface area contributed by atoms with Crippen LogP contribution < -0.4 is 0 Å². The Kier molecular flexibility index (Phi) is 35.5. The van der Waals surface area contributed by atoms with Gasteiger partial charge in [-0.25, -0.2) is 4.57 Å². The second-order valence-corrected chi connectivity index (χ2v) is 18.8. The molecule has 0 radical (unpaired) electrons. The van der Waals surface area contributed by atoms with Crippen LogP contribution in [0.3, 0.4) is 0 Å². The molecule has 0 aliphatic rings. The van der Waals surface area contributed by atoms with Crippen LogP contribution in [0.15, 0.2) is 72.8 Å². The molecule has 0 fully saturated rings. The second-order valence-electron chi connectivity index (χ2n) is 17.1. The zero-order valence-electron chi connectivity index (χ0n) is 39.3. The maximum atomic E-state index is 14.0. The van der Waals surface area contributed by atoms with Gasteiger partial charge in [0.1, 0.15) is 6.61 Å². The summed E-state index contributed by atoms with van der Waals surface area (Å²) >= 11 is 0. The van der Waals surface area contributed by atoms with Gasteiger partial charge in [-0.1, -0.05) is 228 Å². The van der Waals surface area contributed by atoms with E-state index >= 15 is 0 Å². The van der Waals surface area contributed by atoms with Gasteiger partial charge in [0.2, 0.25) is 0 Å². The molecule has 0 aromatic heterocycles. The summed E-state index contributed by atoms with van der Waals surface area (Å²) in [7, 11) is -4.13. The van der Waals surface area contributed by atoms with Crippen LogP contribution >= 0.6 is 7.82 Å². The summed E-state index contributed by atoms with van der Waals surface area (Å²) in [6, 6.07) is 18.7. The van der Waals surface area contributed by atoms with Gasteiger partial charge in [0.15, 0.2) is 6.10 Å². The van der Waals surface area contributed by atoms with Crippen molar-refractivity contribution in [3.05, 3.63) is 83.9 Å². The van der Waals surface area contributed by atoms with Gasteiger partial charge < -0.3 is 9.47 Å². The number of rotatable bonds is 43. The Morgan fingerprint density at radius 3 is 1.26 bits per heavy atom. The van der Waals surface area contributed by atoms with Crippen molar-refractivity contribution in [3.8, 4) is 0 Å². The van der Waals surface area contributed by atoms with Gasteiger partial charge in [0.05, 0.1) is 19.8 Å². The lowest BCUT2D eigenvalue weighted by molar-refractivity contribution is -0.161. The van der Waals surface area contributed by atoms with Crippen LogP contribution in [0.5, 0.6) is 0 Å². The number of carbonyl (C=O) groups is 2. The molecule has 8 nitrogen and oxygen atoms in total. The molecule has 0 aliphatic heterocycles. The lowest BCUT2D eigenvalue weighted by Crippen LogP contribution is -2.29. The standard InChI is InChI=1S/C53H87O8P/c1-3-5-7-9-11-13-15-17-19-21-23-25-27-29-37-43-52(54)57-47-51(61-53(55)44-38-30-28-26-24-22-20-18-16-14-12-10-8-6-4-2)48-60-62(56,58-45-49-39-33-31-34-40-49)59-46-50-41-35-32-36-42-50/h17,19,31-36,39-42,51H,3-16,18,20-30,37-38,43-48H2,1-2H3/b19-17-/t51-/m1/s1. The molecule has 9 heteroatoms. The number of allylic oxidation sites excluding steroid dienone is 2. The summed E-state index contributed by atoms with van der Waals surface area (Å²) in [5.74, 6) is -0.748. The molecule has 0 bridgehead atoms. The number of ether oxygens (including phenoxy) is 2. The molecule has 0 unspecified atom stereocenters. The highest BCUT2D eigenvalue weighted by molar-refractivity contribution is 7.48. The normalized spacial score (nSPS) is 12.2. The number of unbranched alkanes of at least 4 members (excludes halogenated alkanes) is 25. The molecule has 1 atom stereocenters. The van der Waals surface area contributed by atoms with Gasteiger partial charge in [-0.15, -0.1) is 0 Å². The summed E-state index contributed by atoms with van der Waals surface area (Å²) in [5, 5.41) is 0. The minimum absolute atomic E-state index is 0.00148. The van der Waals surface area contributed by atoms with Crippen LogP contribution in [-0.4, -0.2) is 31.3 Å². The molecular weight excluding hydrogens is 796 g/mol. The fraction of sp³-hybridized carbons (Fsp3) is 0.698. The first-order chi connectivity index (χ1) is 30.4. The Balaban J connectivity index is 1.78. The first-order valence-electron chi connectivity index (χ1n) is 25.1. The van der Waals surface area contributed by atoms with E-state index in [9.17, 15) is 14.2 Å². The van der Waals surface area contributed by atoms with Crippen molar-refractivity contribution in [1.29, 1.82) is 0 Å². The van der Waals surface area contributed by atoms with Gasteiger partial charge in [-0.2, -0.15) is 0 Å². The highest BCUT2D eigenvalue weighted by atomic mass is 31.2. The second kappa shape index (κ2) is 39.8. The van der Waals surface area contributed by atoms with E-state index in [-0.39, 0.29) is 45.2 Å². The number of hydrogen-bond donors (Lipinski definition) is 0. The molecule has 2 rings (SSSR count). The highest BCUT2D eigenvalue weighted by Gasteiger charge is 2.30. The monoisotopic (exact) mass is 883 g/mol. The van der Waals surface area contributed by atoms with Gasteiger partial charge in [-0.3, -0.25) is 23.2 Å². The third-order valence-corrected chi connectivity index (χ3v) is 12.6. The lowest BCUT2D eigenvalue weighted by atomic mass is 10.0. The first-order valence-corrected chi connectivity index (χ1v) is 26.5. The number of phosphoric ester groups is 1. The Hall–Kier alpha value is -2.77. The predicted molar refractivity (Wildman–Crippen MR) is 256 cm³/mol. The van der Waals surface area contributed by atoms with Crippen molar-refractivity contribution in [1.82, 2.24) is 0 Å². The van der Waals surface area contributed by atoms with Crippen LogP contribution in [-0.2, 0) is 50.4 Å². The third-order valence-electron chi connectivity index (χ3n) is 11.2. The van der Waals surface area contributed by atoms with Crippen molar-refractivity contribution in [2.45, 2.75) is 226 Å². The summed E-state index contributed by atoms with van der Waals surface area (Å²) in [6.45, 7) is 4.01. The number of carbonyl (C=O) groups excluding carboxylic acids is 2. The Morgan fingerprint density at radius 1 is 0.468 bits per heavy atom. The van der Waals surface area contributed by atoms with Crippen molar-refractivity contribution in [2.24, 2.45) is 0 Å². The Bertz CT molecular complexity index is 1350. The van der Waals surface area contributed by atoms with Crippen LogP contribution in [0.1, 0.15) is 218 Å². The molecule has 0 N–H and O–H groups in total. The summed E-state index contributed by atoms with van der Waals surface area (Å²) in [5.41, 5.74) is 1.60. The molecule has 0 aliphatic carbocycles. The summed E-state index contributed by atoms with van der Waals surface area (Å²) < 4.78 is 42.7. The molecule has 0 heterocycles. The Labute approximate surface area is 378 Å². The maximum Gasteiger partial charge on any atom is 0.475 e. The molecule has 0 saturated carbocycles. The van der Waals surface area contributed by atoms with E-state index in [0.717, 1.165) is 68.9 Å². The number of esters is 2. The van der Waals surface area contributed by atoms with Crippen LogP contribution in [0.25, 0.3) is 0 Å². The molecular formula is C53H87O8P. The zero-order valence-corrected chi connectivity index (χ0v) is 40.2. The molecule has 0 saturated heterocycles. The van der Waals surface area contributed by atoms with Gasteiger partial charge >= 0.3 is 19.8 Å². The molecule has 62 heavy (non-hydrogen) atoms. The molecule has 2 aromatic rings. The molecule has 0 spiro atoms. The quantitative estimate of drug-likeness (QED) is 0.0281. The minimum atomic E-state index is -4.13. The van der Waals surface area contributed by atoms with Gasteiger partial charge in [0, 0.05) is 12.8 Å². The highest BCUT2D eigenvalue weighted by Crippen LogP contribution is 2.51. The van der Waals surface area contributed by atoms with E-state index in [2.05, 4.69) is 26.0 Å². The SMILES string of the molecule is CCCCCCCC/C=C\CCCCCCCC(=O)OC[C@H](COP(=O)(OCc1ccccc1)OCc1ccccc1)OC(=O)CCCCCCCCCCCCCCCCC. The van der Waals surface area contributed by atoms with E-state index in [1.807, 2.05) is 60.7 Å². The van der Waals surface area contributed by atoms with E-state index in [1.165, 1.54) is 122 Å². The topological polar surface area (TPSA) is 97.4 Å². The van der Waals surface area contributed by atoms with E-state index in [1.54, 1.807) is 0 Å². The third kappa shape index (κ3) is 32.8. The maximum absolute atomic E-state index is 14.0. The predicted octanol–water partition coefficient (Wildman–Crippen LogP) is 16.3. The van der Waals surface area contributed by atoms with E-state index in [0.29, 0.717) is 0 Å². The fourth-order valence-corrected chi connectivity index (χ4v) is 8.53. The van der Waals surface area contributed by atoms with Crippen LogP contribution in [0.4, 0.5) is 0 Å². The van der Waals surface area contributed by atoms with Gasteiger partial charge in [-0.05, 0) is 49.7 Å². The smallest absolute Gasteiger partial charge is 0.462 e. The minimum Gasteiger partial charge on any atom is -0.462 e. The number of phosphoric acid groups is 1. The molecule has 352 valence electrons. The van der Waals surface area contributed by atoms with Crippen molar-refractivity contribution < 1.29 is 37.2 Å². The summed E-state index contributed by atoms with van der Waals surface area (Å²) in [4.78, 5) is 25.9. The summed E-state index contributed by atoms with van der Waals surface area (Å²) in [6.07, 6.45) is 38.3. The largest absolute Gasteiger partial charge is 0.475 e. The number of hydrogen-bond acceptors (Lipinski definition) is 8. The average Bonchev–Trinajstić information content (AvgIpc) is 3.29.